The highest BCUT2D eigenvalue weighted by atomic mass is 35.5. The zero-order valence-corrected chi connectivity index (χ0v) is 19.0. The molecular weight excluding hydrogens is 424 g/mol. The quantitative estimate of drug-likeness (QED) is 0.396. The van der Waals surface area contributed by atoms with Crippen molar-refractivity contribution >= 4 is 41.0 Å². The van der Waals surface area contributed by atoms with Gasteiger partial charge in [-0.2, -0.15) is 0 Å². The van der Waals surface area contributed by atoms with Crippen molar-refractivity contribution in [1.82, 2.24) is 20.1 Å². The minimum Gasteiger partial charge on any atom is -0.355 e. The van der Waals surface area contributed by atoms with Crippen LogP contribution in [-0.2, 0) is 4.79 Å². The molecule has 0 fully saturated rings. The lowest BCUT2D eigenvalue weighted by Crippen LogP contribution is -2.27. The normalized spacial score (nSPS) is 10.9. The maximum absolute atomic E-state index is 12.2. The molecule has 0 saturated carbocycles. The van der Waals surface area contributed by atoms with E-state index in [1.54, 1.807) is 18.1 Å². The molecule has 5 nitrogen and oxygen atoms in total. The van der Waals surface area contributed by atoms with Gasteiger partial charge in [-0.3, -0.25) is 9.36 Å². The summed E-state index contributed by atoms with van der Waals surface area (Å²) in [5.41, 5.74) is 4.46. The number of carbonyl (C=O) groups excluding carboxylic acids is 1. The summed E-state index contributed by atoms with van der Waals surface area (Å²) in [7, 11) is 0. The molecule has 8 heteroatoms. The van der Waals surface area contributed by atoms with Crippen molar-refractivity contribution in [2.75, 3.05) is 18.1 Å². The fourth-order valence-corrected chi connectivity index (χ4v) is 4.37. The molecule has 0 radical (unpaired) electrons. The fourth-order valence-electron chi connectivity index (χ4n) is 2.58. The molecule has 3 aromatic rings. The summed E-state index contributed by atoms with van der Waals surface area (Å²) in [6.45, 7) is 6.80. The van der Waals surface area contributed by atoms with Gasteiger partial charge >= 0.3 is 0 Å². The SMILES string of the molecule is Cc1ccc(SCCNC(=O)CSc2nncn2-c2ccc(C)c(Cl)c2)cc1C. The number of carbonyl (C=O) groups is 1. The van der Waals surface area contributed by atoms with Gasteiger partial charge in [0.25, 0.3) is 0 Å². The van der Waals surface area contributed by atoms with Crippen molar-refractivity contribution in [2.24, 2.45) is 0 Å². The van der Waals surface area contributed by atoms with Crippen LogP contribution in [0.1, 0.15) is 16.7 Å². The van der Waals surface area contributed by atoms with Crippen LogP contribution in [0, 0.1) is 20.8 Å². The average Bonchev–Trinajstić information content (AvgIpc) is 3.17. The number of rotatable bonds is 8. The smallest absolute Gasteiger partial charge is 0.230 e. The number of benzene rings is 2. The summed E-state index contributed by atoms with van der Waals surface area (Å²) >= 11 is 9.31. The second kappa shape index (κ2) is 10.2. The van der Waals surface area contributed by atoms with E-state index < -0.39 is 0 Å². The molecule has 0 aliphatic carbocycles. The number of aryl methyl sites for hydroxylation is 3. The predicted molar refractivity (Wildman–Crippen MR) is 121 cm³/mol. The van der Waals surface area contributed by atoms with E-state index in [1.807, 2.05) is 29.7 Å². The third-order valence-corrected chi connectivity index (χ3v) is 6.80. The molecule has 0 saturated heterocycles. The first-order valence-electron chi connectivity index (χ1n) is 9.20. The van der Waals surface area contributed by atoms with E-state index in [-0.39, 0.29) is 11.7 Å². The van der Waals surface area contributed by atoms with Crippen molar-refractivity contribution < 1.29 is 4.79 Å². The number of nitrogens with zero attached hydrogens (tertiary/aromatic N) is 3. The van der Waals surface area contributed by atoms with Crippen LogP contribution in [0.2, 0.25) is 5.02 Å². The Labute approximate surface area is 184 Å². The molecule has 1 N–H and O–H groups in total. The first-order valence-corrected chi connectivity index (χ1v) is 11.5. The van der Waals surface area contributed by atoms with Gasteiger partial charge < -0.3 is 5.32 Å². The molecule has 1 heterocycles. The number of aromatic nitrogens is 3. The Morgan fingerprint density at radius 3 is 2.62 bits per heavy atom. The molecule has 0 atom stereocenters. The summed E-state index contributed by atoms with van der Waals surface area (Å²) in [6.07, 6.45) is 1.63. The standard InChI is InChI=1S/C21H23ClN4OS2/c1-14-5-7-18(10-16(14)3)28-9-8-23-20(27)12-29-21-25-24-13-26(21)17-6-4-15(2)19(22)11-17/h4-7,10-11,13H,8-9,12H2,1-3H3,(H,23,27). The highest BCUT2D eigenvalue weighted by molar-refractivity contribution is 7.99. The van der Waals surface area contributed by atoms with Crippen molar-refractivity contribution in [3.05, 3.63) is 64.4 Å². The molecule has 3 rings (SSSR count). The Hall–Kier alpha value is -1.96. The Morgan fingerprint density at radius 2 is 1.86 bits per heavy atom. The zero-order chi connectivity index (χ0) is 20.8. The second-order valence-electron chi connectivity index (χ2n) is 6.65. The number of hydrogen-bond acceptors (Lipinski definition) is 5. The number of halogens is 1. The molecule has 152 valence electrons. The molecular formula is C21H23ClN4OS2. The van der Waals surface area contributed by atoms with Gasteiger partial charge in [0.2, 0.25) is 5.91 Å². The van der Waals surface area contributed by atoms with Crippen LogP contribution in [0.25, 0.3) is 5.69 Å². The zero-order valence-electron chi connectivity index (χ0n) is 16.6. The van der Waals surface area contributed by atoms with Crippen LogP contribution < -0.4 is 5.32 Å². The molecule has 0 unspecified atom stereocenters. The monoisotopic (exact) mass is 446 g/mol. The van der Waals surface area contributed by atoms with Gasteiger partial charge in [0.05, 0.1) is 11.4 Å². The van der Waals surface area contributed by atoms with E-state index >= 15 is 0 Å². The van der Waals surface area contributed by atoms with Gasteiger partial charge in [-0.1, -0.05) is 35.5 Å². The Bertz CT molecular complexity index is 1010. The Morgan fingerprint density at radius 1 is 1.07 bits per heavy atom. The fraction of sp³-hybridized carbons (Fsp3) is 0.286. The highest BCUT2D eigenvalue weighted by Crippen LogP contribution is 2.24. The molecule has 0 aliphatic heterocycles. The summed E-state index contributed by atoms with van der Waals surface area (Å²) in [4.78, 5) is 13.4. The second-order valence-corrected chi connectivity index (χ2v) is 9.17. The van der Waals surface area contributed by atoms with E-state index in [9.17, 15) is 4.79 Å². The van der Waals surface area contributed by atoms with E-state index in [4.69, 9.17) is 11.6 Å². The minimum atomic E-state index is -0.0211. The predicted octanol–water partition coefficient (Wildman–Crippen LogP) is 4.85. The number of hydrogen-bond donors (Lipinski definition) is 1. The number of amides is 1. The number of nitrogens with one attached hydrogen (secondary N) is 1. The molecule has 0 spiro atoms. The van der Waals surface area contributed by atoms with Gasteiger partial charge in [-0.05, 0) is 61.7 Å². The Kier molecular flexibility index (Phi) is 7.64. The highest BCUT2D eigenvalue weighted by Gasteiger charge is 2.11. The summed E-state index contributed by atoms with van der Waals surface area (Å²) < 4.78 is 1.83. The van der Waals surface area contributed by atoms with Crippen LogP contribution >= 0.6 is 35.1 Å². The largest absolute Gasteiger partial charge is 0.355 e. The molecule has 29 heavy (non-hydrogen) atoms. The van der Waals surface area contributed by atoms with Crippen molar-refractivity contribution in [1.29, 1.82) is 0 Å². The van der Waals surface area contributed by atoms with E-state index in [0.717, 1.165) is 17.0 Å². The lowest BCUT2D eigenvalue weighted by molar-refractivity contribution is -0.118. The van der Waals surface area contributed by atoms with Crippen LogP contribution in [0.15, 0.2) is 52.8 Å². The van der Waals surface area contributed by atoms with Crippen molar-refractivity contribution in [3.8, 4) is 5.69 Å². The van der Waals surface area contributed by atoms with E-state index in [1.165, 1.54) is 27.8 Å². The van der Waals surface area contributed by atoms with E-state index in [0.29, 0.717) is 16.7 Å². The van der Waals surface area contributed by atoms with Gasteiger partial charge in [0.1, 0.15) is 6.33 Å². The number of thioether (sulfide) groups is 2. The van der Waals surface area contributed by atoms with Gasteiger partial charge in [0, 0.05) is 22.2 Å². The summed E-state index contributed by atoms with van der Waals surface area (Å²) in [5, 5.41) is 12.4. The van der Waals surface area contributed by atoms with Crippen LogP contribution in [-0.4, -0.2) is 38.7 Å². The van der Waals surface area contributed by atoms with Crippen LogP contribution in [0.5, 0.6) is 0 Å². The van der Waals surface area contributed by atoms with Gasteiger partial charge in [0.15, 0.2) is 5.16 Å². The first kappa shape index (κ1) is 21.7. The van der Waals surface area contributed by atoms with Gasteiger partial charge in [-0.15, -0.1) is 22.0 Å². The van der Waals surface area contributed by atoms with Crippen LogP contribution in [0.4, 0.5) is 0 Å². The third kappa shape index (κ3) is 6.01. The van der Waals surface area contributed by atoms with Crippen molar-refractivity contribution in [2.45, 2.75) is 30.8 Å². The van der Waals surface area contributed by atoms with E-state index in [2.05, 4.69) is 47.6 Å². The topological polar surface area (TPSA) is 59.8 Å². The lowest BCUT2D eigenvalue weighted by atomic mass is 10.1. The maximum Gasteiger partial charge on any atom is 0.230 e. The summed E-state index contributed by atoms with van der Waals surface area (Å²) in [6, 6.07) is 12.2. The molecule has 1 aromatic heterocycles. The maximum atomic E-state index is 12.2. The van der Waals surface area contributed by atoms with Gasteiger partial charge in [-0.25, -0.2) is 0 Å². The Balaban J connectivity index is 1.46. The molecule has 1 amide bonds. The summed E-state index contributed by atoms with van der Waals surface area (Å²) in [5.74, 6) is 1.09. The minimum absolute atomic E-state index is 0.0211. The first-order chi connectivity index (χ1) is 13.9. The lowest BCUT2D eigenvalue weighted by Gasteiger charge is -2.08. The van der Waals surface area contributed by atoms with Crippen LogP contribution in [0.3, 0.4) is 0 Å². The molecule has 0 bridgehead atoms. The average molecular weight is 447 g/mol. The third-order valence-electron chi connectivity index (χ3n) is 4.45. The van der Waals surface area contributed by atoms with Crippen molar-refractivity contribution in [3.63, 3.8) is 0 Å². The molecule has 2 aromatic carbocycles. The molecule has 0 aliphatic rings.